The Hall–Kier alpha value is -2.03. The fourth-order valence-corrected chi connectivity index (χ4v) is 2.70. The molecule has 0 aliphatic heterocycles. The van der Waals surface area contributed by atoms with Crippen LogP contribution in [0.4, 0.5) is 5.69 Å². The van der Waals surface area contributed by atoms with Crippen molar-refractivity contribution in [3.05, 3.63) is 39.3 Å². The summed E-state index contributed by atoms with van der Waals surface area (Å²) in [6.07, 6.45) is 1.96. The fraction of sp³-hybridized carbons (Fsp3) is 0.375. The average molecular weight is 383 g/mol. The Morgan fingerprint density at radius 1 is 1.32 bits per heavy atom. The van der Waals surface area contributed by atoms with Crippen LogP contribution in [0.15, 0.2) is 24.3 Å². The Labute approximate surface area is 154 Å². The molecule has 0 unspecified atom stereocenters. The molecule has 0 aliphatic rings. The molecule has 0 fully saturated rings. The number of unbranched alkanes of at least 4 members (excludes halogenated alkanes) is 1. The Morgan fingerprint density at radius 2 is 2.16 bits per heavy atom. The van der Waals surface area contributed by atoms with Crippen LogP contribution in [0.3, 0.4) is 0 Å². The molecule has 9 heteroatoms. The minimum absolute atomic E-state index is 0.0483. The number of anilines is 1. The summed E-state index contributed by atoms with van der Waals surface area (Å²) in [4.78, 5) is 23.6. The first kappa shape index (κ1) is 19.3. The number of nitrogens with one attached hydrogen (secondary N) is 2. The molecular formula is C16H19ClN4O3S. The number of carbonyl (C=O) groups excluding carboxylic acids is 2. The number of hydrogen-bond donors (Lipinski definition) is 2. The van der Waals surface area contributed by atoms with Crippen molar-refractivity contribution in [2.75, 3.05) is 18.5 Å². The van der Waals surface area contributed by atoms with Gasteiger partial charge in [-0.1, -0.05) is 42.3 Å². The molecule has 0 atom stereocenters. The van der Waals surface area contributed by atoms with E-state index in [-0.39, 0.29) is 30.0 Å². The number of aromatic nitrogens is 2. The van der Waals surface area contributed by atoms with Gasteiger partial charge in [-0.3, -0.25) is 9.59 Å². The summed E-state index contributed by atoms with van der Waals surface area (Å²) in [7, 11) is 0. The highest BCUT2D eigenvalue weighted by Gasteiger charge is 2.13. The first-order chi connectivity index (χ1) is 12.1. The second-order valence-corrected chi connectivity index (χ2v) is 6.66. The van der Waals surface area contributed by atoms with E-state index in [0.717, 1.165) is 24.2 Å². The quantitative estimate of drug-likeness (QED) is 0.650. The Balaban J connectivity index is 1.77. The van der Waals surface area contributed by atoms with Gasteiger partial charge in [0.2, 0.25) is 10.9 Å². The molecule has 25 heavy (non-hydrogen) atoms. The van der Waals surface area contributed by atoms with Crippen molar-refractivity contribution in [3.63, 3.8) is 0 Å². The van der Waals surface area contributed by atoms with Crippen molar-refractivity contribution < 1.29 is 14.3 Å². The molecule has 1 heterocycles. The number of hydrogen-bond acceptors (Lipinski definition) is 6. The maximum absolute atomic E-state index is 12.1. The van der Waals surface area contributed by atoms with E-state index in [0.29, 0.717) is 22.3 Å². The molecule has 0 saturated heterocycles. The molecule has 134 valence electrons. The van der Waals surface area contributed by atoms with Crippen molar-refractivity contribution in [2.24, 2.45) is 0 Å². The van der Waals surface area contributed by atoms with Crippen LogP contribution in [0.5, 0.6) is 0 Å². The largest absolute Gasteiger partial charge is 0.364 e. The minimum atomic E-state index is -0.372. The zero-order chi connectivity index (χ0) is 18.1. The molecule has 0 spiro atoms. The molecule has 1 aromatic heterocycles. The van der Waals surface area contributed by atoms with Gasteiger partial charge in [0.15, 0.2) is 0 Å². The van der Waals surface area contributed by atoms with E-state index in [1.807, 2.05) is 0 Å². The lowest BCUT2D eigenvalue weighted by Crippen LogP contribution is -2.28. The number of benzene rings is 1. The molecule has 2 rings (SSSR count). The molecule has 0 bridgehead atoms. The number of nitrogens with zero attached hydrogens (tertiary/aromatic N) is 2. The van der Waals surface area contributed by atoms with Crippen molar-refractivity contribution in [1.29, 1.82) is 0 Å². The molecule has 1 aromatic carbocycles. The topological polar surface area (TPSA) is 93.2 Å². The van der Waals surface area contributed by atoms with Gasteiger partial charge in [-0.25, -0.2) is 0 Å². The molecule has 0 saturated carbocycles. The van der Waals surface area contributed by atoms with Gasteiger partial charge in [0.1, 0.15) is 18.2 Å². The van der Waals surface area contributed by atoms with E-state index in [4.69, 9.17) is 16.3 Å². The summed E-state index contributed by atoms with van der Waals surface area (Å²) in [5, 5.41) is 14.4. The number of amides is 2. The number of halogens is 1. The van der Waals surface area contributed by atoms with Crippen molar-refractivity contribution >= 4 is 40.4 Å². The summed E-state index contributed by atoms with van der Waals surface area (Å²) in [6.45, 7) is 2.78. The summed E-state index contributed by atoms with van der Waals surface area (Å²) >= 11 is 6.99. The first-order valence-corrected chi connectivity index (χ1v) is 9.01. The lowest BCUT2D eigenvalue weighted by molar-refractivity contribution is -0.126. The van der Waals surface area contributed by atoms with E-state index in [9.17, 15) is 9.59 Å². The summed E-state index contributed by atoms with van der Waals surface area (Å²) in [5.74, 6) is -0.541. The van der Waals surface area contributed by atoms with Crippen LogP contribution in [0.2, 0.25) is 5.02 Å². The zero-order valence-electron chi connectivity index (χ0n) is 13.8. The van der Waals surface area contributed by atoms with Crippen LogP contribution in [0.25, 0.3) is 0 Å². The third kappa shape index (κ3) is 6.77. The Morgan fingerprint density at radius 3 is 2.92 bits per heavy atom. The van der Waals surface area contributed by atoms with Gasteiger partial charge in [0.25, 0.3) is 5.91 Å². The SMILES string of the molecule is CCCCNC(=O)COCc1nnc(C(=O)Nc2cccc(Cl)c2)s1. The van der Waals surface area contributed by atoms with Crippen LogP contribution in [-0.2, 0) is 16.1 Å². The van der Waals surface area contributed by atoms with E-state index in [2.05, 4.69) is 27.8 Å². The van der Waals surface area contributed by atoms with E-state index < -0.39 is 0 Å². The summed E-state index contributed by atoms with van der Waals surface area (Å²) < 4.78 is 5.29. The molecule has 7 nitrogen and oxygen atoms in total. The van der Waals surface area contributed by atoms with Crippen LogP contribution in [0.1, 0.15) is 34.6 Å². The third-order valence-corrected chi connectivity index (χ3v) is 4.19. The van der Waals surface area contributed by atoms with Gasteiger partial charge in [-0.05, 0) is 24.6 Å². The average Bonchev–Trinajstić information content (AvgIpc) is 3.04. The maximum atomic E-state index is 12.1. The Bertz CT molecular complexity index is 723. The standard InChI is InChI=1S/C16H19ClN4O3S/c1-2-3-7-18-13(22)9-24-10-14-20-21-16(25-14)15(23)19-12-6-4-5-11(17)8-12/h4-6,8H,2-3,7,9-10H2,1H3,(H,18,22)(H,19,23). The van der Waals surface area contributed by atoms with E-state index >= 15 is 0 Å². The van der Waals surface area contributed by atoms with Gasteiger partial charge in [0.05, 0.1) is 0 Å². The van der Waals surface area contributed by atoms with Crippen LogP contribution in [0, 0.1) is 0 Å². The van der Waals surface area contributed by atoms with Gasteiger partial charge in [-0.2, -0.15) is 0 Å². The van der Waals surface area contributed by atoms with Crippen LogP contribution < -0.4 is 10.6 Å². The number of rotatable bonds is 9. The lowest BCUT2D eigenvalue weighted by Gasteiger charge is -2.04. The molecule has 2 N–H and O–H groups in total. The number of ether oxygens (including phenoxy) is 1. The Kier molecular flexibility index (Phi) is 7.77. The molecule has 2 amide bonds. The molecule has 2 aromatic rings. The zero-order valence-corrected chi connectivity index (χ0v) is 15.3. The predicted octanol–water partition coefficient (Wildman–Crippen LogP) is 2.88. The number of carbonyl (C=O) groups is 2. The highest BCUT2D eigenvalue weighted by atomic mass is 35.5. The molecular weight excluding hydrogens is 364 g/mol. The van der Waals surface area contributed by atoms with E-state index in [1.165, 1.54) is 0 Å². The van der Waals surface area contributed by atoms with Crippen LogP contribution in [-0.4, -0.2) is 35.2 Å². The van der Waals surface area contributed by atoms with Crippen molar-refractivity contribution in [3.8, 4) is 0 Å². The summed E-state index contributed by atoms with van der Waals surface area (Å²) in [6, 6.07) is 6.83. The highest BCUT2D eigenvalue weighted by molar-refractivity contribution is 7.13. The van der Waals surface area contributed by atoms with Gasteiger partial charge in [0, 0.05) is 17.3 Å². The second kappa shape index (κ2) is 10.1. The van der Waals surface area contributed by atoms with Crippen molar-refractivity contribution in [2.45, 2.75) is 26.4 Å². The lowest BCUT2D eigenvalue weighted by atomic mass is 10.3. The van der Waals surface area contributed by atoms with Crippen molar-refractivity contribution in [1.82, 2.24) is 15.5 Å². The minimum Gasteiger partial charge on any atom is -0.364 e. The normalized spacial score (nSPS) is 10.5. The third-order valence-electron chi connectivity index (χ3n) is 3.05. The monoisotopic (exact) mass is 382 g/mol. The molecule has 0 aliphatic carbocycles. The second-order valence-electron chi connectivity index (χ2n) is 5.16. The maximum Gasteiger partial charge on any atom is 0.286 e. The first-order valence-electron chi connectivity index (χ1n) is 7.82. The molecule has 0 radical (unpaired) electrons. The summed E-state index contributed by atoms with van der Waals surface area (Å²) in [5.41, 5.74) is 0.578. The van der Waals surface area contributed by atoms with E-state index in [1.54, 1.807) is 24.3 Å². The predicted molar refractivity (Wildman–Crippen MR) is 96.9 cm³/mol. The van der Waals surface area contributed by atoms with Gasteiger partial charge >= 0.3 is 0 Å². The van der Waals surface area contributed by atoms with Gasteiger partial charge in [-0.15, -0.1) is 10.2 Å². The fourth-order valence-electron chi connectivity index (χ4n) is 1.84. The van der Waals surface area contributed by atoms with Crippen LogP contribution >= 0.6 is 22.9 Å². The smallest absolute Gasteiger partial charge is 0.286 e. The highest BCUT2D eigenvalue weighted by Crippen LogP contribution is 2.17. The van der Waals surface area contributed by atoms with Gasteiger partial charge < -0.3 is 15.4 Å².